The molecule has 1 N–H and O–H groups in total. The van der Waals surface area contributed by atoms with E-state index >= 15 is 0 Å². The Kier molecular flexibility index (Phi) is 7.46. The summed E-state index contributed by atoms with van der Waals surface area (Å²) in [5.74, 6) is -0.174. The van der Waals surface area contributed by atoms with Crippen LogP contribution in [0.5, 0.6) is 0 Å². The average Bonchev–Trinajstić information content (AvgIpc) is 3.23. The highest BCUT2D eigenvalue weighted by Crippen LogP contribution is 2.32. The summed E-state index contributed by atoms with van der Waals surface area (Å²) in [6.45, 7) is 1.82. The second kappa shape index (κ2) is 10.5. The van der Waals surface area contributed by atoms with Crippen molar-refractivity contribution < 1.29 is 4.79 Å². The number of thiazole rings is 1. The second-order valence-corrected chi connectivity index (χ2v) is 10.3. The molecule has 32 heavy (non-hydrogen) atoms. The number of aromatic nitrogens is 2. The van der Waals surface area contributed by atoms with Gasteiger partial charge in [-0.1, -0.05) is 54.4 Å². The Balaban J connectivity index is 1.47. The number of pyridine rings is 1. The average molecular weight is 483 g/mol. The van der Waals surface area contributed by atoms with E-state index in [0.29, 0.717) is 20.7 Å². The third-order valence-electron chi connectivity index (χ3n) is 5.43. The van der Waals surface area contributed by atoms with Crippen molar-refractivity contribution >= 4 is 45.7 Å². The first-order valence-corrected chi connectivity index (χ1v) is 12.8. The van der Waals surface area contributed by atoms with Crippen LogP contribution in [0.15, 0.2) is 40.7 Å². The number of aryl methyl sites for hydroxylation is 2. The number of nitriles is 1. The highest BCUT2D eigenvalue weighted by Gasteiger charge is 2.21. The zero-order valence-electron chi connectivity index (χ0n) is 17.7. The SMILES string of the molecule is CC(Sc1nc2c(cc1C#N)CCCCCC2)C(=O)Nc1nc(-c2ccccc2Cl)cs1. The van der Waals surface area contributed by atoms with Gasteiger partial charge in [-0.05, 0) is 50.3 Å². The number of halogens is 1. The Morgan fingerprint density at radius 2 is 2.00 bits per heavy atom. The maximum absolute atomic E-state index is 12.8. The number of anilines is 1. The lowest BCUT2D eigenvalue weighted by Gasteiger charge is -2.16. The van der Waals surface area contributed by atoms with Crippen LogP contribution in [0.3, 0.4) is 0 Å². The number of thioether (sulfide) groups is 1. The summed E-state index contributed by atoms with van der Waals surface area (Å²) in [6, 6.07) is 11.7. The van der Waals surface area contributed by atoms with E-state index in [1.165, 1.54) is 41.5 Å². The van der Waals surface area contributed by atoms with Crippen molar-refractivity contribution in [1.29, 1.82) is 5.26 Å². The minimum atomic E-state index is -0.422. The molecule has 5 nitrogen and oxygen atoms in total. The van der Waals surface area contributed by atoms with Crippen molar-refractivity contribution in [1.82, 2.24) is 9.97 Å². The summed E-state index contributed by atoms with van der Waals surface area (Å²) in [4.78, 5) is 22.1. The van der Waals surface area contributed by atoms with Gasteiger partial charge in [-0.25, -0.2) is 9.97 Å². The maximum atomic E-state index is 12.8. The van der Waals surface area contributed by atoms with Crippen LogP contribution >= 0.6 is 34.7 Å². The fraction of sp³-hybridized carbons (Fsp3) is 0.333. The highest BCUT2D eigenvalue weighted by molar-refractivity contribution is 8.00. The molecule has 2 aromatic heterocycles. The predicted molar refractivity (Wildman–Crippen MR) is 131 cm³/mol. The number of carbonyl (C=O) groups excluding carboxylic acids is 1. The number of hydrogen-bond donors (Lipinski definition) is 1. The molecule has 0 saturated carbocycles. The summed E-state index contributed by atoms with van der Waals surface area (Å²) < 4.78 is 0. The van der Waals surface area contributed by atoms with Crippen molar-refractivity contribution in [2.75, 3.05) is 5.32 Å². The minimum absolute atomic E-state index is 0.174. The smallest absolute Gasteiger partial charge is 0.239 e. The van der Waals surface area contributed by atoms with E-state index in [9.17, 15) is 10.1 Å². The summed E-state index contributed by atoms with van der Waals surface area (Å²) in [5.41, 5.74) is 4.35. The van der Waals surface area contributed by atoms with Crippen LogP contribution in [0.1, 0.15) is 49.4 Å². The minimum Gasteiger partial charge on any atom is -0.301 e. The molecule has 1 atom stereocenters. The van der Waals surface area contributed by atoms with E-state index < -0.39 is 5.25 Å². The molecule has 0 fully saturated rings. The summed E-state index contributed by atoms with van der Waals surface area (Å²) >= 11 is 8.93. The number of hydrogen-bond acceptors (Lipinski definition) is 6. The van der Waals surface area contributed by atoms with Crippen molar-refractivity contribution in [3.05, 3.63) is 57.6 Å². The first kappa shape index (κ1) is 22.8. The third-order valence-corrected chi connectivity index (χ3v) is 7.62. The van der Waals surface area contributed by atoms with E-state index in [-0.39, 0.29) is 5.91 Å². The van der Waals surface area contributed by atoms with Crippen molar-refractivity contribution in [2.24, 2.45) is 0 Å². The van der Waals surface area contributed by atoms with Crippen LogP contribution < -0.4 is 5.32 Å². The van der Waals surface area contributed by atoms with Gasteiger partial charge < -0.3 is 5.32 Å². The zero-order chi connectivity index (χ0) is 22.5. The summed E-state index contributed by atoms with van der Waals surface area (Å²) in [6.07, 6.45) is 6.59. The van der Waals surface area contributed by atoms with Crippen molar-refractivity contribution in [3.63, 3.8) is 0 Å². The van der Waals surface area contributed by atoms with Gasteiger partial charge in [0.05, 0.1) is 16.5 Å². The zero-order valence-corrected chi connectivity index (χ0v) is 20.1. The molecule has 4 rings (SSSR count). The van der Waals surface area contributed by atoms with E-state index in [4.69, 9.17) is 16.6 Å². The fourth-order valence-corrected chi connectivity index (χ4v) is 5.53. The quantitative estimate of drug-likeness (QED) is 0.419. The lowest BCUT2D eigenvalue weighted by atomic mass is 9.96. The molecule has 3 aromatic rings. The predicted octanol–water partition coefficient (Wildman–Crippen LogP) is 6.51. The molecule has 0 spiro atoms. The lowest BCUT2D eigenvalue weighted by Crippen LogP contribution is -2.22. The Morgan fingerprint density at radius 3 is 2.78 bits per heavy atom. The first-order chi connectivity index (χ1) is 15.5. The third kappa shape index (κ3) is 5.32. The number of amides is 1. The van der Waals surface area contributed by atoms with Gasteiger partial charge in [0.25, 0.3) is 0 Å². The Labute approximate surface area is 201 Å². The molecule has 0 aliphatic heterocycles. The summed E-state index contributed by atoms with van der Waals surface area (Å²) in [5, 5.41) is 15.7. The molecule has 0 radical (unpaired) electrons. The Bertz CT molecular complexity index is 1170. The van der Waals surface area contributed by atoms with Gasteiger partial charge >= 0.3 is 0 Å². The van der Waals surface area contributed by atoms with Crippen molar-refractivity contribution in [2.45, 2.75) is 55.7 Å². The van der Waals surface area contributed by atoms with Crippen molar-refractivity contribution in [3.8, 4) is 17.3 Å². The van der Waals surface area contributed by atoms with Gasteiger partial charge in [0, 0.05) is 21.7 Å². The van der Waals surface area contributed by atoms with Crippen LogP contribution in [0.4, 0.5) is 5.13 Å². The summed E-state index contributed by atoms with van der Waals surface area (Å²) in [7, 11) is 0. The van der Waals surface area contributed by atoms with Crippen LogP contribution in [-0.2, 0) is 17.6 Å². The van der Waals surface area contributed by atoms with E-state index in [0.717, 1.165) is 42.6 Å². The van der Waals surface area contributed by atoms with Gasteiger partial charge in [0.15, 0.2) is 5.13 Å². The van der Waals surface area contributed by atoms with Crippen LogP contribution in [0.25, 0.3) is 11.3 Å². The number of nitrogens with one attached hydrogen (secondary N) is 1. The molecule has 1 unspecified atom stereocenters. The van der Waals surface area contributed by atoms with Crippen LogP contribution in [0.2, 0.25) is 5.02 Å². The lowest BCUT2D eigenvalue weighted by molar-refractivity contribution is -0.115. The largest absolute Gasteiger partial charge is 0.301 e. The molecule has 1 aliphatic carbocycles. The molecule has 1 amide bonds. The molecule has 0 bridgehead atoms. The molecule has 164 valence electrons. The standard InChI is InChI=1S/C24H23ClN4OS2/c1-15(22(30)29-24-28-21(14-31-24)18-9-6-7-10-19(18)25)32-23-17(13-26)12-16-8-4-2-3-5-11-20(16)27-23/h6-7,9-10,12,14-15H,2-5,8,11H2,1H3,(H,28,29,30). The Morgan fingerprint density at radius 1 is 1.22 bits per heavy atom. The van der Waals surface area contributed by atoms with Gasteiger partial charge in [0.1, 0.15) is 11.1 Å². The fourth-order valence-electron chi connectivity index (χ4n) is 3.69. The normalized spacial score (nSPS) is 14.5. The molecule has 8 heteroatoms. The number of nitrogens with zero attached hydrogens (tertiary/aromatic N) is 3. The second-order valence-electron chi connectivity index (χ2n) is 7.74. The van der Waals surface area contributed by atoms with Gasteiger partial charge in [-0.3, -0.25) is 4.79 Å². The highest BCUT2D eigenvalue weighted by atomic mass is 35.5. The Hall–Kier alpha value is -2.40. The van der Waals surface area contributed by atoms with Gasteiger partial charge in [-0.15, -0.1) is 11.3 Å². The van der Waals surface area contributed by atoms with E-state index in [2.05, 4.69) is 16.4 Å². The first-order valence-electron chi connectivity index (χ1n) is 10.7. The number of rotatable bonds is 5. The topological polar surface area (TPSA) is 78.7 Å². The van der Waals surface area contributed by atoms with E-state index in [1.54, 1.807) is 0 Å². The molecule has 0 saturated heterocycles. The number of benzene rings is 1. The molecular weight excluding hydrogens is 460 g/mol. The van der Waals surface area contributed by atoms with Crippen LogP contribution in [0, 0.1) is 11.3 Å². The van der Waals surface area contributed by atoms with Crippen LogP contribution in [-0.4, -0.2) is 21.1 Å². The van der Waals surface area contributed by atoms with Gasteiger partial charge in [-0.2, -0.15) is 5.26 Å². The van der Waals surface area contributed by atoms with E-state index in [1.807, 2.05) is 42.6 Å². The molecule has 1 aromatic carbocycles. The monoisotopic (exact) mass is 482 g/mol. The number of carbonyl (C=O) groups is 1. The molecule has 2 heterocycles. The van der Waals surface area contributed by atoms with Gasteiger partial charge in [0.2, 0.25) is 5.91 Å². The molecular formula is C24H23ClN4OS2. The maximum Gasteiger partial charge on any atom is 0.239 e. The number of fused-ring (bicyclic) bond motifs is 1. The molecule has 1 aliphatic rings.